The Morgan fingerprint density at radius 2 is 1.79 bits per heavy atom. The first kappa shape index (κ1) is 36.3. The fourth-order valence-electron chi connectivity index (χ4n) is 5.58. The molecule has 10 heteroatoms. The Labute approximate surface area is 260 Å². The number of ether oxygens (including phenoxy) is 2. The van der Waals surface area contributed by atoms with E-state index in [1.165, 1.54) is 24.4 Å². The van der Waals surface area contributed by atoms with Crippen LogP contribution in [0.3, 0.4) is 0 Å². The van der Waals surface area contributed by atoms with E-state index in [1.54, 1.807) is 26.4 Å². The lowest BCUT2D eigenvalue weighted by Gasteiger charge is -2.36. The molecule has 2 aliphatic carbocycles. The number of aromatic nitrogens is 1. The molecule has 1 fully saturated rings. The largest absolute Gasteiger partial charge is 0.497 e. The number of alkyl halides is 1. The summed E-state index contributed by atoms with van der Waals surface area (Å²) in [4.78, 5) is 6.21. The van der Waals surface area contributed by atoms with E-state index in [0.29, 0.717) is 23.8 Å². The fourth-order valence-corrected chi connectivity index (χ4v) is 7.24. The zero-order valence-electron chi connectivity index (χ0n) is 26.0. The van der Waals surface area contributed by atoms with Gasteiger partial charge in [-0.25, -0.2) is 9.37 Å². The summed E-state index contributed by atoms with van der Waals surface area (Å²) in [5.74, 6) is 0.873. The summed E-state index contributed by atoms with van der Waals surface area (Å²) in [7, 11) is 8.48. The first-order valence-electron chi connectivity index (χ1n) is 14.5. The molecule has 0 aliphatic heterocycles. The lowest BCUT2D eigenvalue weighted by molar-refractivity contribution is -0.0271. The van der Waals surface area contributed by atoms with E-state index >= 15 is 4.39 Å². The molecule has 1 aromatic carbocycles. The molecule has 236 valence electrons. The van der Waals surface area contributed by atoms with Gasteiger partial charge in [-0.15, -0.1) is 0 Å². The van der Waals surface area contributed by atoms with Crippen molar-refractivity contribution in [3.8, 4) is 5.75 Å². The third kappa shape index (κ3) is 10.4. The van der Waals surface area contributed by atoms with Crippen molar-refractivity contribution in [3.05, 3.63) is 65.1 Å². The van der Waals surface area contributed by atoms with E-state index in [0.717, 1.165) is 44.2 Å². The van der Waals surface area contributed by atoms with Gasteiger partial charge in [0.05, 0.1) is 24.5 Å². The third-order valence-corrected chi connectivity index (χ3v) is 9.07. The SMILES string of the molecule is CCC.CO.COc1ccc(CN(SC2C=C(Cl)C(C3CCC(CN(C)C)(OC)C3)CC2F)c2cccc(F)n2)cc1. The second kappa shape index (κ2) is 18.0. The van der Waals surface area contributed by atoms with Crippen molar-refractivity contribution in [3.63, 3.8) is 0 Å². The van der Waals surface area contributed by atoms with Crippen LogP contribution in [-0.4, -0.2) is 74.0 Å². The average Bonchev–Trinajstić information content (AvgIpc) is 3.39. The topological polar surface area (TPSA) is 58.1 Å². The van der Waals surface area contributed by atoms with Crippen LogP contribution < -0.4 is 9.04 Å². The van der Waals surface area contributed by atoms with Crippen LogP contribution in [-0.2, 0) is 11.3 Å². The summed E-state index contributed by atoms with van der Waals surface area (Å²) in [6, 6.07) is 12.3. The highest BCUT2D eigenvalue weighted by molar-refractivity contribution is 8.01. The zero-order chi connectivity index (χ0) is 31.3. The Balaban J connectivity index is 0.00000116. The van der Waals surface area contributed by atoms with Crippen molar-refractivity contribution in [2.45, 2.75) is 69.5 Å². The second-order valence-electron chi connectivity index (χ2n) is 11.0. The predicted molar refractivity (Wildman–Crippen MR) is 171 cm³/mol. The highest BCUT2D eigenvalue weighted by atomic mass is 35.5. The molecular formula is C32H48ClF2N3O3S. The van der Waals surface area contributed by atoms with E-state index in [4.69, 9.17) is 26.2 Å². The third-order valence-electron chi connectivity index (χ3n) is 7.41. The van der Waals surface area contributed by atoms with Gasteiger partial charge in [0, 0.05) is 31.7 Å². The molecule has 0 amide bonds. The molecule has 0 radical (unpaired) electrons. The van der Waals surface area contributed by atoms with Crippen molar-refractivity contribution >= 4 is 29.4 Å². The van der Waals surface area contributed by atoms with Gasteiger partial charge in [0.1, 0.15) is 17.7 Å². The highest BCUT2D eigenvalue weighted by Crippen LogP contribution is 2.49. The normalized spacial score (nSPS) is 25.1. The molecule has 42 heavy (non-hydrogen) atoms. The molecule has 1 heterocycles. The van der Waals surface area contributed by atoms with Crippen LogP contribution in [0.5, 0.6) is 5.75 Å². The van der Waals surface area contributed by atoms with Crippen LogP contribution in [0.25, 0.3) is 0 Å². The Hall–Kier alpha value is -1.91. The number of hydrogen-bond donors (Lipinski definition) is 1. The number of hydrogen-bond acceptors (Lipinski definition) is 7. The number of methoxy groups -OCH3 is 2. The lowest BCUT2D eigenvalue weighted by Crippen LogP contribution is -2.40. The Morgan fingerprint density at radius 1 is 1.12 bits per heavy atom. The van der Waals surface area contributed by atoms with Gasteiger partial charge >= 0.3 is 0 Å². The molecule has 2 aliphatic rings. The Morgan fingerprint density at radius 3 is 2.36 bits per heavy atom. The molecule has 5 unspecified atom stereocenters. The summed E-state index contributed by atoms with van der Waals surface area (Å²) in [5.41, 5.74) is 0.766. The first-order chi connectivity index (χ1) is 20.1. The number of rotatable bonds is 10. The van der Waals surface area contributed by atoms with Gasteiger partial charge in [0.2, 0.25) is 5.95 Å². The standard InChI is InChI=1S/C28H36ClF2N3O2S.C3H8.CH4O/c1-33(2)18-28(36-4)13-12-20(16-28)22-14-24(30)25(15-23(22)29)37-34(27-7-5-6-26(31)32-27)17-19-8-10-21(35-3)11-9-19;1-3-2;1-2/h5-11,15,20,22,24-25H,12-14,16-18H2,1-4H3;3H2,1-2H3;2H,1H3. The summed E-state index contributed by atoms with van der Waals surface area (Å²) in [6.07, 6.45) is 5.17. The number of aliphatic hydroxyl groups excluding tert-OH is 1. The maximum absolute atomic E-state index is 15.7. The summed E-state index contributed by atoms with van der Waals surface area (Å²) in [5, 5.41) is 7.21. The van der Waals surface area contributed by atoms with Crippen LogP contribution in [0.2, 0.25) is 0 Å². The van der Waals surface area contributed by atoms with Gasteiger partial charge in [-0.3, -0.25) is 4.31 Å². The number of nitrogens with zero attached hydrogens (tertiary/aromatic N) is 3. The van der Waals surface area contributed by atoms with Crippen LogP contribution in [0, 0.1) is 17.8 Å². The number of anilines is 1. The van der Waals surface area contributed by atoms with Gasteiger partial charge in [0.15, 0.2) is 0 Å². The minimum atomic E-state index is -1.09. The summed E-state index contributed by atoms with van der Waals surface area (Å²) in [6.45, 7) is 5.51. The molecule has 5 atom stereocenters. The molecule has 1 N–H and O–H groups in total. The summed E-state index contributed by atoms with van der Waals surface area (Å²) >= 11 is 8.14. The number of pyridine rings is 1. The van der Waals surface area contributed by atoms with Crippen LogP contribution in [0.15, 0.2) is 53.6 Å². The van der Waals surface area contributed by atoms with Crippen molar-refractivity contribution in [2.24, 2.45) is 11.8 Å². The van der Waals surface area contributed by atoms with E-state index in [2.05, 4.69) is 23.7 Å². The quantitative estimate of drug-likeness (QED) is 0.216. The van der Waals surface area contributed by atoms with Gasteiger partial charge in [-0.2, -0.15) is 4.39 Å². The van der Waals surface area contributed by atoms with Gasteiger partial charge in [-0.1, -0.05) is 56.1 Å². The number of allylic oxidation sites excluding steroid dienone is 1. The molecule has 0 saturated heterocycles. The number of benzene rings is 1. The fraction of sp³-hybridized carbons (Fsp3) is 0.594. The predicted octanol–water partition coefficient (Wildman–Crippen LogP) is 7.51. The first-order valence-corrected chi connectivity index (χ1v) is 15.7. The van der Waals surface area contributed by atoms with Gasteiger partial charge in [-0.05, 0) is 87.5 Å². The minimum Gasteiger partial charge on any atom is -0.497 e. The van der Waals surface area contributed by atoms with Crippen molar-refractivity contribution < 1.29 is 23.4 Å². The molecule has 6 nitrogen and oxygen atoms in total. The minimum absolute atomic E-state index is 0.0185. The van der Waals surface area contributed by atoms with Gasteiger partial charge in [0.25, 0.3) is 0 Å². The molecule has 2 aromatic rings. The molecule has 1 aromatic heterocycles. The maximum atomic E-state index is 15.7. The van der Waals surface area contributed by atoms with E-state index < -0.39 is 17.4 Å². The molecule has 4 rings (SSSR count). The van der Waals surface area contributed by atoms with E-state index in [-0.39, 0.29) is 17.4 Å². The highest BCUT2D eigenvalue weighted by Gasteiger charge is 2.45. The lowest BCUT2D eigenvalue weighted by atomic mass is 9.81. The van der Waals surface area contributed by atoms with Crippen LogP contribution in [0.1, 0.15) is 51.5 Å². The smallest absolute Gasteiger partial charge is 0.214 e. The molecule has 0 bridgehead atoms. The maximum Gasteiger partial charge on any atom is 0.214 e. The second-order valence-corrected chi connectivity index (χ2v) is 12.7. The van der Waals surface area contributed by atoms with Crippen molar-refractivity contribution in [2.75, 3.05) is 46.3 Å². The van der Waals surface area contributed by atoms with Crippen LogP contribution in [0.4, 0.5) is 14.6 Å². The Kier molecular flexibility index (Phi) is 15.6. The van der Waals surface area contributed by atoms with Crippen molar-refractivity contribution in [1.82, 2.24) is 9.88 Å². The molecular weight excluding hydrogens is 580 g/mol. The Bertz CT molecular complexity index is 1090. The van der Waals surface area contributed by atoms with Crippen LogP contribution >= 0.6 is 23.5 Å². The molecule has 1 saturated carbocycles. The molecule has 0 spiro atoms. The van der Waals surface area contributed by atoms with E-state index in [9.17, 15) is 4.39 Å². The monoisotopic (exact) mass is 627 g/mol. The number of likely N-dealkylation sites (N-methyl/N-ethyl adjacent to an activating group) is 1. The number of halogens is 3. The van der Waals surface area contributed by atoms with E-state index in [1.807, 2.05) is 48.7 Å². The number of aliphatic hydroxyl groups is 1. The zero-order valence-corrected chi connectivity index (χ0v) is 27.6. The summed E-state index contributed by atoms with van der Waals surface area (Å²) < 4.78 is 42.7. The van der Waals surface area contributed by atoms with Crippen molar-refractivity contribution in [1.29, 1.82) is 0 Å². The average molecular weight is 628 g/mol. The van der Waals surface area contributed by atoms with Gasteiger partial charge < -0.3 is 19.5 Å².